The van der Waals surface area contributed by atoms with E-state index in [1.165, 1.54) is 12.1 Å². The Hall–Kier alpha value is -3.33. The summed E-state index contributed by atoms with van der Waals surface area (Å²) < 4.78 is 33.6. The first kappa shape index (κ1) is 23.4. The smallest absolute Gasteiger partial charge is 0.388 e. The summed E-state index contributed by atoms with van der Waals surface area (Å²) in [4.78, 5) is 28.4. The van der Waals surface area contributed by atoms with E-state index in [0.717, 1.165) is 37.3 Å². The lowest BCUT2D eigenvalue weighted by Crippen LogP contribution is -2.82. The molecule has 2 aromatic carbocycles. The summed E-state index contributed by atoms with van der Waals surface area (Å²) in [5.74, 6) is -1.14. The fraction of sp³-hybridized carbons (Fsp3) is 0.423. The number of aliphatic hydroxyl groups is 1. The van der Waals surface area contributed by atoms with Crippen LogP contribution in [0.4, 0.5) is 8.78 Å². The van der Waals surface area contributed by atoms with E-state index < -0.39 is 17.7 Å². The van der Waals surface area contributed by atoms with Gasteiger partial charge in [0.15, 0.2) is 6.04 Å². The lowest BCUT2D eigenvalue weighted by atomic mass is 9.92. The first-order valence-corrected chi connectivity index (χ1v) is 12.0. The molecule has 0 aromatic heterocycles. The first-order valence-electron chi connectivity index (χ1n) is 12.0. The Morgan fingerprint density at radius 1 is 1.09 bits per heavy atom. The Labute approximate surface area is 201 Å². The SMILES string of the molecule is O=C1CCC(N2Cc3cc(O[C@@H]4CCCC[C@H]4NCc4ccc(F)cc4F)ccc3C2=O)C(O)=[NH+]1. The molecule has 2 aliphatic heterocycles. The molecule has 0 spiro atoms. The Bertz CT molecular complexity index is 1190. The zero-order chi connectivity index (χ0) is 24.5. The highest BCUT2D eigenvalue weighted by molar-refractivity contribution is 6.01. The van der Waals surface area contributed by atoms with Gasteiger partial charge in [-0.05, 0) is 55.5 Å². The van der Waals surface area contributed by atoms with E-state index in [1.54, 1.807) is 17.0 Å². The van der Waals surface area contributed by atoms with Crippen molar-refractivity contribution < 1.29 is 33.2 Å². The first-order chi connectivity index (χ1) is 16.9. The number of rotatable bonds is 6. The lowest BCUT2D eigenvalue weighted by Gasteiger charge is -2.33. The summed E-state index contributed by atoms with van der Waals surface area (Å²) in [5, 5.41) is 13.5. The standard InChI is InChI=1S/C26H27F2N3O4/c27-17-6-5-15(20(28)12-17)13-29-21-3-1-2-4-23(21)35-18-7-8-19-16(11-18)14-31(26(19)34)22-9-10-24(32)30-25(22)33/h5-8,11-12,21-23,29H,1-4,9-10,13-14H2,(H,30,32,33)/p+1/t21-,22?,23-/m1/s1. The minimum Gasteiger partial charge on any atom is -0.489 e. The highest BCUT2D eigenvalue weighted by Gasteiger charge is 2.41. The molecule has 7 nitrogen and oxygen atoms in total. The average molecular weight is 485 g/mol. The van der Waals surface area contributed by atoms with Crippen LogP contribution in [0.15, 0.2) is 36.4 Å². The number of amides is 2. The van der Waals surface area contributed by atoms with Crippen LogP contribution < -0.4 is 15.0 Å². The van der Waals surface area contributed by atoms with Gasteiger partial charge in [-0.1, -0.05) is 12.5 Å². The predicted octanol–water partition coefficient (Wildman–Crippen LogP) is 2.13. The molecule has 3 atom stereocenters. The topological polar surface area (TPSA) is 92.8 Å². The van der Waals surface area contributed by atoms with Gasteiger partial charge in [0.2, 0.25) is 0 Å². The van der Waals surface area contributed by atoms with Gasteiger partial charge < -0.3 is 20.1 Å². The van der Waals surface area contributed by atoms with E-state index in [4.69, 9.17) is 4.74 Å². The van der Waals surface area contributed by atoms with E-state index in [2.05, 4.69) is 10.3 Å². The summed E-state index contributed by atoms with van der Waals surface area (Å²) in [6.07, 6.45) is 4.29. The molecule has 0 bridgehead atoms. The Balaban J connectivity index is 1.26. The molecule has 35 heavy (non-hydrogen) atoms. The Morgan fingerprint density at radius 3 is 2.71 bits per heavy atom. The van der Waals surface area contributed by atoms with Crippen molar-refractivity contribution in [1.82, 2.24) is 10.2 Å². The molecule has 2 amide bonds. The molecule has 2 aromatic rings. The average Bonchev–Trinajstić information content (AvgIpc) is 3.15. The number of carbonyl (C=O) groups is 2. The number of nitrogens with zero attached hydrogens (tertiary/aromatic N) is 1. The van der Waals surface area contributed by atoms with Crippen LogP contribution >= 0.6 is 0 Å². The van der Waals surface area contributed by atoms with Gasteiger partial charge in [-0.25, -0.2) is 13.6 Å². The van der Waals surface area contributed by atoms with Crippen molar-refractivity contribution >= 4 is 17.7 Å². The number of benzene rings is 2. The van der Waals surface area contributed by atoms with E-state index in [1.807, 2.05) is 6.07 Å². The van der Waals surface area contributed by atoms with Crippen molar-refractivity contribution in [3.63, 3.8) is 0 Å². The van der Waals surface area contributed by atoms with E-state index in [0.29, 0.717) is 29.8 Å². The van der Waals surface area contributed by atoms with Crippen LogP contribution in [-0.4, -0.2) is 45.9 Å². The molecule has 1 aliphatic carbocycles. The molecule has 3 N–H and O–H groups in total. The number of aliphatic hydroxyl groups excluding tert-OH is 1. The minimum absolute atomic E-state index is 0.0111. The predicted molar refractivity (Wildman–Crippen MR) is 123 cm³/mol. The third-order valence-corrected chi connectivity index (χ3v) is 7.07. The van der Waals surface area contributed by atoms with Gasteiger partial charge in [-0.15, -0.1) is 4.99 Å². The van der Waals surface area contributed by atoms with E-state index >= 15 is 0 Å². The zero-order valence-corrected chi connectivity index (χ0v) is 19.2. The van der Waals surface area contributed by atoms with Crippen LogP contribution in [0.25, 0.3) is 0 Å². The van der Waals surface area contributed by atoms with Crippen LogP contribution in [0, 0.1) is 11.6 Å². The molecule has 3 aliphatic rings. The molecule has 1 fully saturated rings. The number of fused-ring (bicyclic) bond motifs is 1. The zero-order valence-electron chi connectivity index (χ0n) is 19.2. The maximum absolute atomic E-state index is 14.0. The summed E-state index contributed by atoms with van der Waals surface area (Å²) in [6, 6.07) is 8.43. The third-order valence-electron chi connectivity index (χ3n) is 7.07. The molecule has 5 rings (SSSR count). The molecular formula is C26H28F2N3O4+. The summed E-state index contributed by atoms with van der Waals surface area (Å²) in [5.41, 5.74) is 1.78. The van der Waals surface area contributed by atoms with Crippen molar-refractivity contribution in [2.45, 2.75) is 69.8 Å². The van der Waals surface area contributed by atoms with E-state index in [-0.39, 0.29) is 42.8 Å². The van der Waals surface area contributed by atoms with E-state index in [9.17, 15) is 23.5 Å². The number of halogens is 2. The van der Waals surface area contributed by atoms with Crippen LogP contribution in [0.5, 0.6) is 5.75 Å². The Kier molecular flexibility index (Phi) is 6.51. The molecule has 1 unspecified atom stereocenters. The fourth-order valence-electron chi connectivity index (χ4n) is 5.19. The van der Waals surface area contributed by atoms with Gasteiger partial charge in [-0.2, -0.15) is 0 Å². The van der Waals surface area contributed by atoms with Crippen molar-refractivity contribution in [3.05, 3.63) is 64.7 Å². The second kappa shape index (κ2) is 9.73. The van der Waals surface area contributed by atoms with Crippen LogP contribution in [0.3, 0.4) is 0 Å². The van der Waals surface area contributed by atoms with Crippen LogP contribution in [0.1, 0.15) is 60.0 Å². The number of hydrogen-bond acceptors (Lipinski definition) is 4. The maximum atomic E-state index is 14.0. The quantitative estimate of drug-likeness (QED) is 0.584. The van der Waals surface area contributed by atoms with Gasteiger partial charge in [0.1, 0.15) is 23.5 Å². The van der Waals surface area contributed by atoms with Crippen molar-refractivity contribution in [3.8, 4) is 5.75 Å². The molecule has 2 heterocycles. The number of carbonyl (C=O) groups excluding carboxylic acids is 2. The molecule has 9 heteroatoms. The van der Waals surface area contributed by atoms with Crippen molar-refractivity contribution in [2.24, 2.45) is 0 Å². The summed E-state index contributed by atoms with van der Waals surface area (Å²) in [7, 11) is 0. The summed E-state index contributed by atoms with van der Waals surface area (Å²) in [6.45, 7) is 0.606. The molecule has 0 radical (unpaired) electrons. The van der Waals surface area contributed by atoms with Gasteiger partial charge >= 0.3 is 11.8 Å². The second-order valence-corrected chi connectivity index (χ2v) is 9.40. The normalized spacial score (nSPS) is 24.3. The molecular weight excluding hydrogens is 456 g/mol. The van der Waals surface area contributed by atoms with Gasteiger partial charge in [-0.3, -0.25) is 4.79 Å². The highest BCUT2D eigenvalue weighted by atomic mass is 19.1. The van der Waals surface area contributed by atoms with Crippen LogP contribution in [-0.2, 0) is 17.9 Å². The number of hydrogen-bond donors (Lipinski definition) is 3. The van der Waals surface area contributed by atoms with Crippen LogP contribution in [0.2, 0.25) is 0 Å². The van der Waals surface area contributed by atoms with Gasteiger partial charge in [0.05, 0.1) is 6.42 Å². The molecule has 184 valence electrons. The second-order valence-electron chi connectivity index (χ2n) is 9.40. The maximum Gasteiger partial charge on any atom is 0.388 e. The fourth-order valence-corrected chi connectivity index (χ4v) is 5.19. The largest absolute Gasteiger partial charge is 0.489 e. The van der Waals surface area contributed by atoms with Crippen molar-refractivity contribution in [2.75, 3.05) is 0 Å². The van der Waals surface area contributed by atoms with Gasteiger partial charge in [0, 0.05) is 36.3 Å². The molecule has 0 saturated heterocycles. The monoisotopic (exact) mass is 484 g/mol. The number of ether oxygens (including phenoxy) is 1. The lowest BCUT2D eigenvalue weighted by molar-refractivity contribution is -0.394. The summed E-state index contributed by atoms with van der Waals surface area (Å²) >= 11 is 0. The third kappa shape index (κ3) is 4.91. The Morgan fingerprint density at radius 2 is 1.91 bits per heavy atom. The highest BCUT2D eigenvalue weighted by Crippen LogP contribution is 2.31. The molecule has 1 saturated carbocycles. The number of nitrogens with one attached hydrogen (secondary N) is 2. The van der Waals surface area contributed by atoms with Gasteiger partial charge in [0.25, 0.3) is 5.91 Å². The van der Waals surface area contributed by atoms with Crippen molar-refractivity contribution in [1.29, 1.82) is 0 Å². The minimum atomic E-state index is -0.597.